The minimum Gasteiger partial charge on any atom is -0.432 e. The number of rotatable bonds is 8. The summed E-state index contributed by atoms with van der Waals surface area (Å²) in [7, 11) is -2.97. The van der Waals surface area contributed by atoms with Crippen molar-refractivity contribution in [2.45, 2.75) is 88.1 Å². The highest BCUT2D eigenvalue weighted by Crippen LogP contribution is 2.59. The van der Waals surface area contributed by atoms with Crippen LogP contribution < -0.4 is 15.5 Å². The summed E-state index contributed by atoms with van der Waals surface area (Å²) >= 11 is 0. The third kappa shape index (κ3) is 6.01. The molecular formula is C38H46N4O6Si. The molecule has 2 saturated heterocycles. The summed E-state index contributed by atoms with van der Waals surface area (Å²) in [5, 5.41) is 16.4. The Labute approximate surface area is 288 Å². The van der Waals surface area contributed by atoms with Gasteiger partial charge in [-0.3, -0.25) is 14.4 Å². The third-order valence-electron chi connectivity index (χ3n) is 11.1. The maximum absolute atomic E-state index is 14.7. The number of para-hydroxylation sites is 1. The Kier molecular flexibility index (Phi) is 8.99. The number of carbonyl (C=O) groups is 3. The molecule has 4 N–H and O–H groups in total. The van der Waals surface area contributed by atoms with Gasteiger partial charge in [0.15, 0.2) is 13.9 Å². The number of nitrogens with one attached hydrogen (secondary N) is 2. The molecule has 4 aliphatic heterocycles. The molecule has 258 valence electrons. The molecule has 0 aliphatic carbocycles. The second kappa shape index (κ2) is 13.1. The van der Waals surface area contributed by atoms with Crippen LogP contribution in [-0.4, -0.2) is 72.2 Å². The second-order valence-corrected chi connectivity index (χ2v) is 18.6. The van der Waals surface area contributed by atoms with E-state index in [-0.39, 0.29) is 42.8 Å². The van der Waals surface area contributed by atoms with Crippen LogP contribution in [-0.2, 0) is 44.2 Å². The highest BCUT2D eigenvalue weighted by atomic mass is 28.4. The van der Waals surface area contributed by atoms with Gasteiger partial charge >= 0.3 is 0 Å². The number of aliphatic hydroxyl groups is 1. The van der Waals surface area contributed by atoms with Crippen molar-refractivity contribution < 1.29 is 29.0 Å². The van der Waals surface area contributed by atoms with Crippen LogP contribution in [0, 0.1) is 5.92 Å². The van der Waals surface area contributed by atoms with Crippen LogP contribution in [0.2, 0.25) is 18.6 Å². The van der Waals surface area contributed by atoms with Crippen molar-refractivity contribution in [3.05, 3.63) is 95.1 Å². The summed E-state index contributed by atoms with van der Waals surface area (Å²) in [5.74, 6) is -0.798. The number of aliphatic hydroxyl groups excluding tert-OH is 1. The van der Waals surface area contributed by atoms with Gasteiger partial charge in [-0.1, -0.05) is 61.5 Å². The molecule has 0 aromatic heterocycles. The molecule has 3 aromatic carbocycles. The first-order valence-corrected chi connectivity index (χ1v) is 20.5. The molecule has 2 fully saturated rings. The monoisotopic (exact) mass is 682 g/mol. The first kappa shape index (κ1) is 33.6. The molecule has 7 rings (SSSR count). The van der Waals surface area contributed by atoms with Crippen LogP contribution in [0.5, 0.6) is 0 Å². The van der Waals surface area contributed by atoms with E-state index in [0.717, 1.165) is 47.3 Å². The lowest BCUT2D eigenvalue weighted by Crippen LogP contribution is -2.48. The van der Waals surface area contributed by atoms with Crippen molar-refractivity contribution in [1.82, 2.24) is 10.2 Å². The maximum Gasteiger partial charge on any atom is 0.264 e. The zero-order chi connectivity index (χ0) is 34.5. The summed E-state index contributed by atoms with van der Waals surface area (Å²) in [5.41, 5.74) is 3.53. The molecule has 11 heteroatoms. The Hall–Kier alpha value is -3.87. The minimum atomic E-state index is -2.97. The number of amides is 3. The van der Waals surface area contributed by atoms with Gasteiger partial charge in [0.2, 0.25) is 11.8 Å². The van der Waals surface area contributed by atoms with E-state index in [4.69, 9.17) is 4.74 Å². The van der Waals surface area contributed by atoms with Crippen molar-refractivity contribution in [2.24, 2.45) is 5.92 Å². The molecule has 3 amide bonds. The summed E-state index contributed by atoms with van der Waals surface area (Å²) in [6.07, 6.45) is 1.70. The molecule has 0 saturated carbocycles. The first-order chi connectivity index (χ1) is 23.5. The van der Waals surface area contributed by atoms with Gasteiger partial charge in [-0.15, -0.1) is 0 Å². The van der Waals surface area contributed by atoms with Crippen LogP contribution in [0.1, 0.15) is 48.4 Å². The van der Waals surface area contributed by atoms with Gasteiger partial charge in [-0.25, -0.2) is 0 Å². The lowest BCUT2D eigenvalue weighted by molar-refractivity contribution is -0.151. The predicted octanol–water partition coefficient (Wildman–Crippen LogP) is 4.06. The Morgan fingerprint density at radius 2 is 1.76 bits per heavy atom. The van der Waals surface area contributed by atoms with Crippen LogP contribution >= 0.6 is 0 Å². The maximum atomic E-state index is 14.7. The Morgan fingerprint density at radius 3 is 2.45 bits per heavy atom. The van der Waals surface area contributed by atoms with E-state index in [1.54, 1.807) is 9.80 Å². The summed E-state index contributed by atoms with van der Waals surface area (Å²) < 4.78 is 6.90. The molecule has 3 aromatic rings. The van der Waals surface area contributed by atoms with Gasteiger partial charge in [0.05, 0.1) is 43.4 Å². The molecule has 6 atom stereocenters. The summed E-state index contributed by atoms with van der Waals surface area (Å²) in [6, 6.07) is 22.7. The van der Waals surface area contributed by atoms with Gasteiger partial charge < -0.3 is 35.1 Å². The third-order valence-corrected chi connectivity index (χ3v) is 13.6. The van der Waals surface area contributed by atoms with Crippen molar-refractivity contribution in [3.63, 3.8) is 0 Å². The molecule has 4 heterocycles. The van der Waals surface area contributed by atoms with E-state index in [1.807, 2.05) is 92.8 Å². The molecule has 1 spiro atoms. The highest BCUT2D eigenvalue weighted by molar-refractivity contribution is 6.71. The fourth-order valence-electron chi connectivity index (χ4n) is 8.73. The van der Waals surface area contributed by atoms with Crippen molar-refractivity contribution in [2.75, 3.05) is 23.4 Å². The summed E-state index contributed by atoms with van der Waals surface area (Å²) in [4.78, 5) is 56.6. The minimum absolute atomic E-state index is 0.00538. The van der Waals surface area contributed by atoms with Crippen LogP contribution in [0.4, 0.5) is 11.4 Å². The number of fused-ring (bicyclic) bond motifs is 3. The van der Waals surface area contributed by atoms with E-state index in [9.17, 15) is 24.3 Å². The molecule has 0 bridgehead atoms. The first-order valence-electron chi connectivity index (χ1n) is 17.4. The van der Waals surface area contributed by atoms with E-state index in [1.165, 1.54) is 0 Å². The van der Waals surface area contributed by atoms with Crippen molar-refractivity contribution >= 4 is 37.4 Å². The summed E-state index contributed by atoms with van der Waals surface area (Å²) in [6.45, 7) is 7.07. The fourth-order valence-corrected chi connectivity index (χ4v) is 11.3. The molecule has 10 nitrogen and oxygen atoms in total. The van der Waals surface area contributed by atoms with E-state index < -0.39 is 31.5 Å². The number of hydrogen-bond donors (Lipinski definition) is 4. The Balaban J connectivity index is 1.14. The highest BCUT2D eigenvalue weighted by Gasteiger charge is 2.66. The largest absolute Gasteiger partial charge is 0.432 e. The van der Waals surface area contributed by atoms with Crippen LogP contribution in [0.25, 0.3) is 0 Å². The Bertz CT molecular complexity index is 1740. The second-order valence-electron chi connectivity index (χ2n) is 14.6. The number of benzene rings is 3. The SMILES string of the molecule is C[C@H]1[C@H]([Si](C)(C)O)[C@@H](CC(=O)N2Cc3ccccc3C[C@H]2CO)O[C@]12C(=O)N(Cc1ccc(NC(=O)[C@H]3CCCN3)cc1)c1ccccc12. The molecule has 4 aliphatic rings. The van der Waals surface area contributed by atoms with Crippen molar-refractivity contribution in [3.8, 4) is 0 Å². The fraction of sp³-hybridized carbons (Fsp3) is 0.447. The quantitative estimate of drug-likeness (QED) is 0.264. The molecule has 0 radical (unpaired) electrons. The number of hydrogen-bond acceptors (Lipinski definition) is 7. The zero-order valence-electron chi connectivity index (χ0n) is 28.4. The molecule has 49 heavy (non-hydrogen) atoms. The van der Waals surface area contributed by atoms with E-state index >= 15 is 0 Å². The number of anilines is 2. The van der Waals surface area contributed by atoms with Crippen molar-refractivity contribution in [1.29, 1.82) is 0 Å². The van der Waals surface area contributed by atoms with E-state index in [2.05, 4.69) is 10.6 Å². The van der Waals surface area contributed by atoms with Crippen LogP contribution in [0.3, 0.4) is 0 Å². The lowest BCUT2D eigenvalue weighted by atomic mass is 9.82. The zero-order valence-corrected chi connectivity index (χ0v) is 29.4. The van der Waals surface area contributed by atoms with Gasteiger partial charge in [0, 0.05) is 29.3 Å². The molecule has 0 unspecified atom stereocenters. The van der Waals surface area contributed by atoms with E-state index in [0.29, 0.717) is 25.2 Å². The number of nitrogens with zero attached hydrogens (tertiary/aromatic N) is 2. The smallest absolute Gasteiger partial charge is 0.264 e. The van der Waals surface area contributed by atoms with Crippen LogP contribution in [0.15, 0.2) is 72.8 Å². The van der Waals surface area contributed by atoms with Gasteiger partial charge in [0.1, 0.15) is 0 Å². The number of carbonyl (C=O) groups excluding carboxylic acids is 3. The standard InChI is InChI=1S/C38H46N4O6Si/c1-24-35(49(2,3)47)33(20-34(44)41-22-27-10-5-4-9-26(27)19-29(41)23-43)48-38(24)30-11-6-7-13-32(30)42(37(38)46)21-25-14-16-28(17-15-25)40-36(45)31-12-8-18-39-31/h4-7,9-11,13-17,24,29,31,33,35,39,43,47H,8,12,18-23H2,1-3H3,(H,40,45)/t24-,29-,31+,33+,35-,38+/m0/s1. The van der Waals surface area contributed by atoms with Gasteiger partial charge in [-0.2, -0.15) is 0 Å². The topological polar surface area (TPSA) is 131 Å². The lowest BCUT2D eigenvalue weighted by Gasteiger charge is -2.37. The number of ether oxygens (including phenoxy) is 1. The average Bonchev–Trinajstić information content (AvgIpc) is 3.79. The average molecular weight is 683 g/mol. The Morgan fingerprint density at radius 1 is 1.04 bits per heavy atom. The normalized spacial score (nSPS) is 27.8. The van der Waals surface area contributed by atoms with Gasteiger partial charge in [0.25, 0.3) is 5.91 Å². The van der Waals surface area contributed by atoms with Gasteiger partial charge in [-0.05, 0) is 73.8 Å². The molecular weight excluding hydrogens is 637 g/mol. The predicted molar refractivity (Wildman–Crippen MR) is 189 cm³/mol.